The van der Waals surface area contributed by atoms with Gasteiger partial charge < -0.3 is 19.4 Å². The first-order valence-electron chi connectivity index (χ1n) is 9.03. The van der Waals surface area contributed by atoms with Crippen molar-refractivity contribution >= 4 is 52.0 Å². The van der Waals surface area contributed by atoms with Gasteiger partial charge in [-0.15, -0.1) is 4.40 Å². The monoisotopic (exact) mass is 463 g/mol. The van der Waals surface area contributed by atoms with Crippen molar-refractivity contribution in [1.29, 1.82) is 0 Å². The Balaban J connectivity index is 2.05. The van der Waals surface area contributed by atoms with E-state index in [0.717, 1.165) is 0 Å². The number of hydrogen-bond donors (Lipinski definition) is 3. The van der Waals surface area contributed by atoms with Crippen LogP contribution in [0.3, 0.4) is 0 Å². The van der Waals surface area contributed by atoms with Crippen molar-refractivity contribution in [2.24, 2.45) is 14.8 Å². The molecule has 2 heterocycles. The van der Waals surface area contributed by atoms with Gasteiger partial charge in [-0.1, -0.05) is 32.3 Å². The van der Waals surface area contributed by atoms with Crippen LogP contribution in [0.5, 0.6) is 5.75 Å². The fourth-order valence-corrected chi connectivity index (χ4v) is 4.27. The Morgan fingerprint density at radius 2 is 2.00 bits per heavy atom. The standard InChI is InChI=1S/C18H21BN4O6S2/c1-9-5-8-12(29-9)15(18(2,3)4)21-17-16(22-31(27,28)23-17)20-11-7-6-10(19)14(13(11)24)30(25)26/h5-8,15,24H,1-4H3,(H,20,22)(H,21,23)(H,25,26)/p-1/t15-/m0/s1. The van der Waals surface area contributed by atoms with Gasteiger partial charge in [-0.2, -0.15) is 8.42 Å². The molecule has 0 bridgehead atoms. The van der Waals surface area contributed by atoms with Gasteiger partial charge in [-0.05, 0) is 41.6 Å². The van der Waals surface area contributed by atoms with Gasteiger partial charge in [0.1, 0.15) is 25.4 Å². The van der Waals surface area contributed by atoms with Gasteiger partial charge in [0.25, 0.3) is 0 Å². The lowest BCUT2D eigenvalue weighted by molar-refractivity contribution is 0.284. The van der Waals surface area contributed by atoms with E-state index in [-0.39, 0.29) is 22.8 Å². The smallest absolute Gasteiger partial charge is 0.345 e. The van der Waals surface area contributed by atoms with Gasteiger partial charge in [0.15, 0.2) is 17.4 Å². The molecule has 1 aromatic heterocycles. The summed E-state index contributed by atoms with van der Waals surface area (Å²) in [6.45, 7) is 7.52. The zero-order valence-corrected chi connectivity index (χ0v) is 18.8. The number of benzene rings is 1. The third-order valence-corrected chi connectivity index (χ3v) is 5.99. The second kappa shape index (κ2) is 8.13. The van der Waals surface area contributed by atoms with Crippen LogP contribution in [0.1, 0.15) is 38.3 Å². The van der Waals surface area contributed by atoms with Crippen LogP contribution in [0, 0.1) is 12.3 Å². The van der Waals surface area contributed by atoms with Crippen LogP contribution in [-0.4, -0.2) is 41.8 Å². The summed E-state index contributed by atoms with van der Waals surface area (Å²) in [5.41, 5.74) is -0.725. The Morgan fingerprint density at radius 1 is 1.32 bits per heavy atom. The minimum absolute atomic E-state index is 0.111. The summed E-state index contributed by atoms with van der Waals surface area (Å²) < 4.78 is 58.5. The highest BCUT2D eigenvalue weighted by atomic mass is 32.2. The number of phenols is 1. The van der Waals surface area contributed by atoms with Gasteiger partial charge in [-0.3, -0.25) is 9.20 Å². The van der Waals surface area contributed by atoms with Crippen molar-refractivity contribution in [3.05, 3.63) is 35.8 Å². The highest BCUT2D eigenvalue weighted by Gasteiger charge is 2.33. The Morgan fingerprint density at radius 3 is 2.55 bits per heavy atom. The summed E-state index contributed by atoms with van der Waals surface area (Å²) in [6, 6.07) is 5.50. The van der Waals surface area contributed by atoms with E-state index in [4.69, 9.17) is 12.3 Å². The third-order valence-electron chi connectivity index (χ3n) is 4.35. The van der Waals surface area contributed by atoms with Crippen molar-refractivity contribution in [2.45, 2.75) is 38.6 Å². The molecule has 0 amide bonds. The average molecular weight is 463 g/mol. The van der Waals surface area contributed by atoms with E-state index in [9.17, 15) is 22.3 Å². The molecule has 3 N–H and O–H groups in total. The van der Waals surface area contributed by atoms with E-state index in [1.54, 1.807) is 19.1 Å². The van der Waals surface area contributed by atoms with Crippen LogP contribution in [0.15, 0.2) is 43.0 Å². The Hall–Kier alpha value is -2.64. The number of aliphatic imine (C=N–C) groups is 1. The summed E-state index contributed by atoms with van der Waals surface area (Å²) in [4.78, 5) is 4.00. The molecule has 3 rings (SSSR count). The fourth-order valence-electron chi connectivity index (χ4n) is 2.93. The Kier molecular flexibility index (Phi) is 6.04. The predicted molar refractivity (Wildman–Crippen MR) is 117 cm³/mol. The highest BCUT2D eigenvalue weighted by Crippen LogP contribution is 2.37. The lowest BCUT2D eigenvalue weighted by Crippen LogP contribution is -2.32. The molecule has 1 aromatic carbocycles. The number of phenolic OH excluding ortho intramolecular Hbond substituents is 1. The molecule has 1 unspecified atom stereocenters. The first kappa shape index (κ1) is 23.0. The average Bonchev–Trinajstić information content (AvgIpc) is 3.16. The molecule has 0 fully saturated rings. The molecule has 10 nitrogen and oxygen atoms in total. The second-order valence-corrected chi connectivity index (χ2v) is 10.2. The highest BCUT2D eigenvalue weighted by molar-refractivity contribution is 7.89. The van der Waals surface area contributed by atoms with E-state index in [2.05, 4.69) is 19.4 Å². The summed E-state index contributed by atoms with van der Waals surface area (Å²) in [7, 11) is 1.50. The summed E-state index contributed by atoms with van der Waals surface area (Å²) in [5.74, 6) is 0.194. The number of nitrogens with one attached hydrogen (secondary N) is 2. The van der Waals surface area contributed by atoms with Crippen molar-refractivity contribution in [3.63, 3.8) is 0 Å². The van der Waals surface area contributed by atoms with E-state index < -0.39 is 43.4 Å². The summed E-state index contributed by atoms with van der Waals surface area (Å²) in [5, 5.41) is 12.9. The van der Waals surface area contributed by atoms with Crippen LogP contribution in [-0.2, 0) is 21.3 Å². The maximum absolute atomic E-state index is 12.1. The molecule has 2 radical (unpaired) electrons. The lowest BCUT2D eigenvalue weighted by atomic mass is 9.85. The topological polar surface area (TPSA) is 156 Å². The molecule has 0 saturated heterocycles. The predicted octanol–water partition coefficient (Wildman–Crippen LogP) is 1.17. The molecule has 1 aliphatic heterocycles. The number of aryl methyl sites for hydroxylation is 1. The number of aromatic hydroxyl groups is 1. The zero-order chi connectivity index (χ0) is 23.1. The van der Waals surface area contributed by atoms with E-state index in [1.807, 2.05) is 20.8 Å². The zero-order valence-electron chi connectivity index (χ0n) is 17.2. The Bertz CT molecular complexity index is 1210. The Labute approximate surface area is 183 Å². The van der Waals surface area contributed by atoms with Crippen molar-refractivity contribution < 1.29 is 26.7 Å². The molecular weight excluding hydrogens is 443 g/mol. The third kappa shape index (κ3) is 5.00. The van der Waals surface area contributed by atoms with Crippen molar-refractivity contribution in [2.75, 3.05) is 5.32 Å². The molecule has 0 spiro atoms. The SMILES string of the molecule is [B]c1ccc(NC2=NS(=O)(=O)NC2=N[C@@H](c2ccc(C)o2)C(C)(C)C)c(O)c1S(=O)[O-]. The normalized spacial score (nSPS) is 19.0. The van der Waals surface area contributed by atoms with Crippen LogP contribution < -0.4 is 15.5 Å². The molecule has 0 aliphatic carbocycles. The molecule has 31 heavy (non-hydrogen) atoms. The quantitative estimate of drug-likeness (QED) is 0.349. The van der Waals surface area contributed by atoms with Gasteiger partial charge >= 0.3 is 10.2 Å². The number of hydrogen-bond acceptors (Lipinski definition) is 8. The van der Waals surface area contributed by atoms with Crippen molar-refractivity contribution in [1.82, 2.24) is 4.72 Å². The van der Waals surface area contributed by atoms with E-state index in [1.165, 1.54) is 12.1 Å². The molecular formula is C18H20BN4O6S2-. The van der Waals surface area contributed by atoms with Gasteiger partial charge in [0.05, 0.1) is 10.6 Å². The minimum Gasteiger partial charge on any atom is -0.768 e. The number of furan rings is 1. The van der Waals surface area contributed by atoms with Gasteiger partial charge in [-0.25, -0.2) is 4.72 Å². The molecule has 0 saturated carbocycles. The number of anilines is 1. The number of nitrogens with zero attached hydrogens (tertiary/aromatic N) is 2. The van der Waals surface area contributed by atoms with Gasteiger partial charge in [0.2, 0.25) is 0 Å². The van der Waals surface area contributed by atoms with Crippen molar-refractivity contribution in [3.8, 4) is 5.75 Å². The van der Waals surface area contributed by atoms with Crippen LogP contribution >= 0.6 is 0 Å². The first-order chi connectivity index (χ1) is 14.3. The number of rotatable bonds is 4. The lowest BCUT2D eigenvalue weighted by Gasteiger charge is -2.26. The summed E-state index contributed by atoms with van der Waals surface area (Å²) >= 11 is -2.81. The minimum atomic E-state index is -4.09. The molecule has 2 atom stereocenters. The molecule has 1 aliphatic rings. The van der Waals surface area contributed by atoms with E-state index in [0.29, 0.717) is 11.5 Å². The summed E-state index contributed by atoms with van der Waals surface area (Å²) in [6.07, 6.45) is 0. The largest absolute Gasteiger partial charge is 0.768 e. The van der Waals surface area contributed by atoms with Crippen LogP contribution in [0.25, 0.3) is 0 Å². The number of amidine groups is 2. The molecule has 13 heteroatoms. The maximum atomic E-state index is 12.1. The molecule has 2 aromatic rings. The molecule has 164 valence electrons. The fraction of sp³-hybridized carbons (Fsp3) is 0.333. The first-order valence-corrected chi connectivity index (χ1v) is 11.5. The van der Waals surface area contributed by atoms with Gasteiger partial charge in [0, 0.05) is 0 Å². The van der Waals surface area contributed by atoms with E-state index >= 15 is 0 Å². The maximum Gasteiger partial charge on any atom is 0.345 e. The van der Waals surface area contributed by atoms with Crippen LogP contribution in [0.4, 0.5) is 5.69 Å². The second-order valence-electron chi connectivity index (χ2n) is 7.95. The van der Waals surface area contributed by atoms with Crippen LogP contribution in [0.2, 0.25) is 0 Å².